The van der Waals surface area contributed by atoms with Crippen molar-refractivity contribution >= 4 is 5.97 Å². The van der Waals surface area contributed by atoms with Gasteiger partial charge in [0.1, 0.15) is 0 Å². The van der Waals surface area contributed by atoms with E-state index in [4.69, 9.17) is 14.2 Å². The first-order valence-corrected chi connectivity index (χ1v) is 4.40. The minimum absolute atomic E-state index is 0.339. The molecule has 0 aliphatic carbocycles. The normalized spacial score (nSPS) is 21.2. The number of rotatable bonds is 5. The maximum absolute atomic E-state index is 10.7. The van der Waals surface area contributed by atoms with Crippen molar-refractivity contribution in [3.05, 3.63) is 12.2 Å². The average molecular weight is 186 g/mol. The molecule has 0 radical (unpaired) electrons. The Kier molecular flexibility index (Phi) is 3.92. The molecule has 4 heteroatoms. The summed E-state index contributed by atoms with van der Waals surface area (Å²) in [6.45, 7) is 4.80. The van der Waals surface area contributed by atoms with Gasteiger partial charge in [-0.05, 0) is 19.9 Å². The standard InChI is InChI=1S/C9H14O4/c1-3-11-9(12-4-2)7-5-6-8(10)13-7/h5-7,9H,3-4H2,1-2H3. The minimum atomic E-state index is -0.474. The van der Waals surface area contributed by atoms with E-state index in [0.717, 1.165) is 0 Å². The van der Waals surface area contributed by atoms with E-state index in [1.54, 1.807) is 6.08 Å². The Hall–Kier alpha value is -0.870. The molecule has 0 N–H and O–H groups in total. The first-order chi connectivity index (χ1) is 6.27. The molecule has 0 spiro atoms. The van der Waals surface area contributed by atoms with E-state index in [1.165, 1.54) is 6.08 Å². The molecule has 0 saturated carbocycles. The van der Waals surface area contributed by atoms with Gasteiger partial charge >= 0.3 is 5.97 Å². The number of hydrogen-bond acceptors (Lipinski definition) is 4. The van der Waals surface area contributed by atoms with Crippen LogP contribution in [0.3, 0.4) is 0 Å². The maximum Gasteiger partial charge on any atom is 0.331 e. The lowest BCUT2D eigenvalue weighted by molar-refractivity contribution is -0.190. The minimum Gasteiger partial charge on any atom is -0.449 e. The molecular weight excluding hydrogens is 172 g/mol. The average Bonchev–Trinajstić information content (AvgIpc) is 2.51. The van der Waals surface area contributed by atoms with Gasteiger partial charge in [0, 0.05) is 19.3 Å². The lowest BCUT2D eigenvalue weighted by Gasteiger charge is -2.20. The van der Waals surface area contributed by atoms with Gasteiger partial charge in [-0.2, -0.15) is 0 Å². The fraction of sp³-hybridized carbons (Fsp3) is 0.667. The Balaban J connectivity index is 2.45. The van der Waals surface area contributed by atoms with Crippen molar-refractivity contribution in [2.24, 2.45) is 0 Å². The molecule has 0 amide bonds. The summed E-state index contributed by atoms with van der Waals surface area (Å²) in [5.41, 5.74) is 0. The lowest BCUT2D eigenvalue weighted by Crippen LogP contribution is -2.31. The van der Waals surface area contributed by atoms with E-state index < -0.39 is 12.4 Å². The summed E-state index contributed by atoms with van der Waals surface area (Å²) < 4.78 is 15.5. The van der Waals surface area contributed by atoms with Crippen LogP contribution in [-0.4, -0.2) is 31.6 Å². The van der Waals surface area contributed by atoms with E-state index in [-0.39, 0.29) is 5.97 Å². The molecule has 13 heavy (non-hydrogen) atoms. The highest BCUT2D eigenvalue weighted by Gasteiger charge is 2.27. The quantitative estimate of drug-likeness (QED) is 0.472. The van der Waals surface area contributed by atoms with Crippen molar-refractivity contribution in [2.45, 2.75) is 26.2 Å². The molecule has 1 atom stereocenters. The highest BCUT2D eigenvalue weighted by atomic mass is 16.7. The molecular formula is C9H14O4. The molecule has 4 nitrogen and oxygen atoms in total. The van der Waals surface area contributed by atoms with E-state index in [1.807, 2.05) is 13.8 Å². The fourth-order valence-electron chi connectivity index (χ4n) is 1.10. The highest BCUT2D eigenvalue weighted by molar-refractivity contribution is 5.84. The number of cyclic esters (lactones) is 1. The van der Waals surface area contributed by atoms with Crippen LogP contribution in [-0.2, 0) is 19.0 Å². The lowest BCUT2D eigenvalue weighted by atomic mass is 10.3. The molecule has 0 saturated heterocycles. The van der Waals surface area contributed by atoms with Crippen LogP contribution in [0.15, 0.2) is 12.2 Å². The maximum atomic E-state index is 10.7. The molecule has 74 valence electrons. The summed E-state index contributed by atoms with van der Waals surface area (Å²) in [6, 6.07) is 0. The van der Waals surface area contributed by atoms with Gasteiger partial charge < -0.3 is 14.2 Å². The first kappa shape index (κ1) is 10.2. The van der Waals surface area contributed by atoms with Crippen LogP contribution < -0.4 is 0 Å². The molecule has 1 heterocycles. The number of ether oxygens (including phenoxy) is 3. The van der Waals surface area contributed by atoms with Gasteiger partial charge in [-0.3, -0.25) is 0 Å². The van der Waals surface area contributed by atoms with Crippen LogP contribution in [0.2, 0.25) is 0 Å². The Morgan fingerprint density at radius 2 is 2.08 bits per heavy atom. The Bertz CT molecular complexity index is 194. The highest BCUT2D eigenvalue weighted by Crippen LogP contribution is 2.13. The molecule has 0 aromatic rings. The zero-order chi connectivity index (χ0) is 9.68. The monoisotopic (exact) mass is 186 g/mol. The Morgan fingerprint density at radius 3 is 2.46 bits per heavy atom. The van der Waals surface area contributed by atoms with Crippen LogP contribution in [0.1, 0.15) is 13.8 Å². The molecule has 1 rings (SSSR count). The molecule has 0 aromatic heterocycles. The van der Waals surface area contributed by atoms with Crippen molar-refractivity contribution in [1.82, 2.24) is 0 Å². The topological polar surface area (TPSA) is 44.8 Å². The second kappa shape index (κ2) is 4.99. The van der Waals surface area contributed by atoms with Crippen molar-refractivity contribution in [3.63, 3.8) is 0 Å². The van der Waals surface area contributed by atoms with E-state index >= 15 is 0 Å². The summed E-state index contributed by atoms with van der Waals surface area (Å²) in [4.78, 5) is 10.7. The number of carbonyl (C=O) groups is 1. The van der Waals surface area contributed by atoms with Crippen LogP contribution in [0.5, 0.6) is 0 Å². The predicted octanol–water partition coefficient (Wildman–Crippen LogP) is 0.867. The third-order valence-corrected chi connectivity index (χ3v) is 1.60. The molecule has 1 aliphatic heterocycles. The first-order valence-electron chi connectivity index (χ1n) is 4.40. The van der Waals surface area contributed by atoms with E-state index in [2.05, 4.69) is 0 Å². The predicted molar refractivity (Wildman–Crippen MR) is 46.1 cm³/mol. The van der Waals surface area contributed by atoms with Crippen molar-refractivity contribution < 1.29 is 19.0 Å². The van der Waals surface area contributed by atoms with Crippen molar-refractivity contribution in [2.75, 3.05) is 13.2 Å². The molecule has 0 bridgehead atoms. The summed E-state index contributed by atoms with van der Waals surface area (Å²) >= 11 is 0. The van der Waals surface area contributed by atoms with Crippen molar-refractivity contribution in [3.8, 4) is 0 Å². The van der Waals surface area contributed by atoms with Crippen LogP contribution in [0.4, 0.5) is 0 Å². The van der Waals surface area contributed by atoms with E-state index in [9.17, 15) is 4.79 Å². The van der Waals surface area contributed by atoms with Gasteiger partial charge in [-0.1, -0.05) is 0 Å². The molecule has 0 aromatic carbocycles. The second-order valence-corrected chi connectivity index (χ2v) is 2.54. The van der Waals surface area contributed by atoms with Gasteiger partial charge in [0.25, 0.3) is 0 Å². The molecule has 1 aliphatic rings. The van der Waals surface area contributed by atoms with Gasteiger partial charge in [0.15, 0.2) is 12.4 Å². The Labute approximate surface area is 77.5 Å². The SMILES string of the molecule is CCOC(OCC)C1C=CC(=O)O1. The van der Waals surface area contributed by atoms with Gasteiger partial charge in [0.05, 0.1) is 0 Å². The number of hydrogen-bond donors (Lipinski definition) is 0. The fourth-order valence-corrected chi connectivity index (χ4v) is 1.10. The summed E-state index contributed by atoms with van der Waals surface area (Å²) in [5.74, 6) is -0.339. The van der Waals surface area contributed by atoms with Gasteiger partial charge in [-0.15, -0.1) is 0 Å². The van der Waals surface area contributed by atoms with Crippen LogP contribution >= 0.6 is 0 Å². The van der Waals surface area contributed by atoms with Crippen molar-refractivity contribution in [1.29, 1.82) is 0 Å². The van der Waals surface area contributed by atoms with E-state index in [0.29, 0.717) is 13.2 Å². The molecule has 1 unspecified atom stereocenters. The number of carbonyl (C=O) groups excluding carboxylic acids is 1. The Morgan fingerprint density at radius 1 is 1.46 bits per heavy atom. The number of esters is 1. The third-order valence-electron chi connectivity index (χ3n) is 1.60. The zero-order valence-corrected chi connectivity index (χ0v) is 7.86. The van der Waals surface area contributed by atoms with Crippen LogP contribution in [0, 0.1) is 0 Å². The van der Waals surface area contributed by atoms with Crippen LogP contribution in [0.25, 0.3) is 0 Å². The second-order valence-electron chi connectivity index (χ2n) is 2.54. The summed E-state index contributed by atoms with van der Waals surface area (Å²) in [7, 11) is 0. The third kappa shape index (κ3) is 2.82. The smallest absolute Gasteiger partial charge is 0.331 e. The largest absolute Gasteiger partial charge is 0.449 e. The summed E-state index contributed by atoms with van der Waals surface area (Å²) in [6.07, 6.45) is 2.17. The zero-order valence-electron chi connectivity index (χ0n) is 7.86. The van der Waals surface area contributed by atoms with Gasteiger partial charge in [-0.25, -0.2) is 4.79 Å². The molecule has 0 fully saturated rings. The van der Waals surface area contributed by atoms with Gasteiger partial charge in [0.2, 0.25) is 0 Å². The summed E-state index contributed by atoms with van der Waals surface area (Å²) in [5, 5.41) is 0.